The highest BCUT2D eigenvalue weighted by molar-refractivity contribution is 6.05. The number of aromatic nitrogens is 4. The van der Waals surface area contributed by atoms with Crippen molar-refractivity contribution in [2.75, 3.05) is 19.6 Å². The van der Waals surface area contributed by atoms with Gasteiger partial charge in [0.1, 0.15) is 0 Å². The normalized spacial score (nSPS) is 17.2. The molecule has 4 heterocycles. The van der Waals surface area contributed by atoms with E-state index in [2.05, 4.69) is 34.2 Å². The van der Waals surface area contributed by atoms with Crippen LogP contribution in [0.2, 0.25) is 0 Å². The van der Waals surface area contributed by atoms with Gasteiger partial charge >= 0.3 is 0 Å². The number of rotatable bonds is 4. The number of pyridine rings is 2. The van der Waals surface area contributed by atoms with Gasteiger partial charge in [0.15, 0.2) is 5.65 Å². The summed E-state index contributed by atoms with van der Waals surface area (Å²) in [6, 6.07) is 6.02. The van der Waals surface area contributed by atoms with Gasteiger partial charge in [0, 0.05) is 37.7 Å². The van der Waals surface area contributed by atoms with E-state index in [9.17, 15) is 4.79 Å². The Balaban J connectivity index is 0.00000160. The zero-order chi connectivity index (χ0) is 19.7. The van der Waals surface area contributed by atoms with Crippen LogP contribution in [0.4, 0.5) is 0 Å². The third kappa shape index (κ3) is 4.43. The molecule has 3 aromatic rings. The number of amides is 1. The Morgan fingerprint density at radius 1 is 1.33 bits per heavy atom. The van der Waals surface area contributed by atoms with Crippen molar-refractivity contribution in [1.29, 1.82) is 0 Å². The molecule has 1 fully saturated rings. The molecule has 1 amide bonds. The first-order valence-corrected chi connectivity index (χ1v) is 9.86. The van der Waals surface area contributed by atoms with E-state index in [1.807, 2.05) is 40.9 Å². The summed E-state index contributed by atoms with van der Waals surface area (Å²) in [5, 5.41) is 8.75. The van der Waals surface area contributed by atoms with Gasteiger partial charge in [-0.05, 0) is 38.0 Å². The number of hydrogen-bond acceptors (Lipinski definition) is 5. The zero-order valence-corrected chi connectivity index (χ0v) is 19.0. The van der Waals surface area contributed by atoms with E-state index in [4.69, 9.17) is 0 Å². The van der Waals surface area contributed by atoms with Crippen LogP contribution in [0, 0.1) is 6.92 Å². The molecule has 0 aliphatic carbocycles. The van der Waals surface area contributed by atoms with Crippen LogP contribution in [0.15, 0.2) is 36.8 Å². The minimum Gasteiger partial charge on any atom is -0.329 e. The predicted octanol–water partition coefficient (Wildman–Crippen LogP) is 3.74. The minimum absolute atomic E-state index is 0. The van der Waals surface area contributed by atoms with Crippen molar-refractivity contribution >= 4 is 41.8 Å². The van der Waals surface area contributed by atoms with Gasteiger partial charge in [0.2, 0.25) is 0 Å². The Morgan fingerprint density at radius 2 is 2.13 bits per heavy atom. The molecule has 2 atom stereocenters. The molecule has 0 saturated carbocycles. The summed E-state index contributed by atoms with van der Waals surface area (Å²) in [6.07, 6.45) is 6.33. The molecule has 1 aliphatic rings. The number of halogens is 2. The van der Waals surface area contributed by atoms with E-state index in [-0.39, 0.29) is 42.8 Å². The van der Waals surface area contributed by atoms with Crippen molar-refractivity contribution in [3.05, 3.63) is 53.6 Å². The second-order valence-corrected chi connectivity index (χ2v) is 7.40. The fraction of sp³-hybridized carbons (Fsp3) is 0.429. The van der Waals surface area contributed by atoms with Gasteiger partial charge < -0.3 is 10.2 Å². The third-order valence-electron chi connectivity index (χ3n) is 5.51. The van der Waals surface area contributed by atoms with Crippen LogP contribution >= 0.6 is 24.8 Å². The summed E-state index contributed by atoms with van der Waals surface area (Å²) < 4.78 is 1.93. The molecule has 0 spiro atoms. The maximum absolute atomic E-state index is 13.6. The summed E-state index contributed by atoms with van der Waals surface area (Å²) in [5.74, 6) is 0.0227. The van der Waals surface area contributed by atoms with Crippen molar-refractivity contribution in [1.82, 2.24) is 30.0 Å². The van der Waals surface area contributed by atoms with Gasteiger partial charge in [0.25, 0.3) is 5.91 Å². The molecule has 0 radical (unpaired) electrons. The Morgan fingerprint density at radius 3 is 2.83 bits per heavy atom. The number of nitrogens with one attached hydrogen (secondary N) is 1. The number of aryl methyl sites for hydroxylation is 1. The molecule has 30 heavy (non-hydrogen) atoms. The van der Waals surface area contributed by atoms with Crippen molar-refractivity contribution in [2.45, 2.75) is 39.3 Å². The Labute approximate surface area is 189 Å². The van der Waals surface area contributed by atoms with E-state index in [0.717, 1.165) is 41.8 Å². The van der Waals surface area contributed by atoms with Crippen LogP contribution in [-0.2, 0) is 0 Å². The van der Waals surface area contributed by atoms with Crippen molar-refractivity contribution in [3.63, 3.8) is 0 Å². The second-order valence-electron chi connectivity index (χ2n) is 7.40. The molecule has 0 bridgehead atoms. The molecular formula is C21H28Cl2N6O. The highest BCUT2D eigenvalue weighted by Gasteiger charge is 2.30. The fourth-order valence-electron chi connectivity index (χ4n) is 3.79. The fourth-order valence-corrected chi connectivity index (χ4v) is 3.79. The molecule has 1 aliphatic heterocycles. The highest BCUT2D eigenvalue weighted by atomic mass is 35.5. The van der Waals surface area contributed by atoms with Gasteiger partial charge in [-0.3, -0.25) is 9.78 Å². The third-order valence-corrected chi connectivity index (χ3v) is 5.51. The summed E-state index contributed by atoms with van der Waals surface area (Å²) in [4.78, 5) is 24.5. The van der Waals surface area contributed by atoms with Crippen LogP contribution in [0.1, 0.15) is 54.0 Å². The van der Waals surface area contributed by atoms with E-state index in [1.165, 1.54) is 0 Å². The maximum atomic E-state index is 13.6. The van der Waals surface area contributed by atoms with Crippen molar-refractivity contribution in [3.8, 4) is 0 Å². The van der Waals surface area contributed by atoms with E-state index < -0.39 is 0 Å². The smallest absolute Gasteiger partial charge is 0.255 e. The summed E-state index contributed by atoms with van der Waals surface area (Å²) in [6.45, 7) is 8.33. The molecule has 162 valence electrons. The van der Waals surface area contributed by atoms with Crippen molar-refractivity contribution < 1.29 is 4.79 Å². The molecule has 3 aromatic heterocycles. The van der Waals surface area contributed by atoms with Gasteiger partial charge in [-0.1, -0.05) is 13.0 Å². The Hall–Kier alpha value is -2.22. The molecule has 2 unspecified atom stereocenters. The number of nitrogens with zero attached hydrogens (tertiary/aromatic N) is 5. The lowest BCUT2D eigenvalue weighted by atomic mass is 10.0. The topological polar surface area (TPSA) is 75.9 Å². The van der Waals surface area contributed by atoms with Crippen LogP contribution in [0.25, 0.3) is 11.0 Å². The van der Waals surface area contributed by atoms with E-state index in [0.29, 0.717) is 12.1 Å². The summed E-state index contributed by atoms with van der Waals surface area (Å²) in [5.41, 5.74) is 3.33. The Bertz CT molecular complexity index is 994. The highest BCUT2D eigenvalue weighted by Crippen LogP contribution is 2.28. The van der Waals surface area contributed by atoms with Crippen LogP contribution < -0.4 is 5.32 Å². The first kappa shape index (κ1) is 24.1. The summed E-state index contributed by atoms with van der Waals surface area (Å²) >= 11 is 0. The van der Waals surface area contributed by atoms with Crippen molar-refractivity contribution in [2.24, 2.45) is 0 Å². The molecule has 1 saturated heterocycles. The minimum atomic E-state index is -0.0388. The second kappa shape index (κ2) is 10.2. The Kier molecular flexibility index (Phi) is 8.18. The average molecular weight is 451 g/mol. The average Bonchev–Trinajstić information content (AvgIpc) is 3.16. The molecule has 9 heteroatoms. The molecule has 7 nitrogen and oxygen atoms in total. The number of hydrogen-bond donors (Lipinski definition) is 1. The number of carbonyl (C=O) groups is 1. The van der Waals surface area contributed by atoms with E-state index in [1.54, 1.807) is 12.4 Å². The van der Waals surface area contributed by atoms with Crippen LogP contribution in [-0.4, -0.2) is 50.2 Å². The molecule has 1 N–H and O–H groups in total. The SMILES string of the molecule is CCC(C)n1ncc2c(C(=O)N3CCNCC3c3cccnc3)cc(C)nc21.Cl.Cl. The van der Waals surface area contributed by atoms with Gasteiger partial charge in [-0.15, -0.1) is 24.8 Å². The van der Waals surface area contributed by atoms with Crippen LogP contribution in [0.5, 0.6) is 0 Å². The maximum Gasteiger partial charge on any atom is 0.255 e. The molecule has 4 rings (SSSR count). The van der Waals surface area contributed by atoms with Gasteiger partial charge in [-0.2, -0.15) is 5.10 Å². The lowest BCUT2D eigenvalue weighted by molar-refractivity contribution is 0.0636. The quantitative estimate of drug-likeness (QED) is 0.654. The lowest BCUT2D eigenvalue weighted by Gasteiger charge is -2.36. The zero-order valence-electron chi connectivity index (χ0n) is 17.4. The van der Waals surface area contributed by atoms with Crippen LogP contribution in [0.3, 0.4) is 0 Å². The molecule has 0 aromatic carbocycles. The van der Waals surface area contributed by atoms with Gasteiger partial charge in [0.05, 0.1) is 29.2 Å². The predicted molar refractivity (Wildman–Crippen MR) is 123 cm³/mol. The lowest BCUT2D eigenvalue weighted by Crippen LogP contribution is -2.48. The number of piperazine rings is 1. The molecular weight excluding hydrogens is 423 g/mol. The first-order chi connectivity index (χ1) is 13.6. The number of carbonyl (C=O) groups excluding carboxylic acids is 1. The standard InChI is InChI=1S/C21H26N6O.2ClH/c1-4-15(3)27-20-18(12-24-27)17(10-14(2)25-20)21(28)26-9-8-23-13-19(26)16-6-5-7-22-11-16;;/h5-7,10-12,15,19,23H,4,8-9,13H2,1-3H3;2*1H. The van der Waals surface area contributed by atoms with E-state index >= 15 is 0 Å². The largest absolute Gasteiger partial charge is 0.329 e. The monoisotopic (exact) mass is 450 g/mol. The number of fused-ring (bicyclic) bond motifs is 1. The van der Waals surface area contributed by atoms with Gasteiger partial charge in [-0.25, -0.2) is 9.67 Å². The first-order valence-electron chi connectivity index (χ1n) is 9.86. The summed E-state index contributed by atoms with van der Waals surface area (Å²) in [7, 11) is 0.